The van der Waals surface area contributed by atoms with E-state index in [2.05, 4.69) is 4.98 Å². The van der Waals surface area contributed by atoms with Gasteiger partial charge in [-0.15, -0.1) is 0 Å². The Morgan fingerprint density at radius 3 is 2.52 bits per heavy atom. The summed E-state index contributed by atoms with van der Waals surface area (Å²) in [5.74, 6) is -2.42. The van der Waals surface area contributed by atoms with Gasteiger partial charge in [0.25, 0.3) is 5.91 Å². The number of benzene rings is 1. The van der Waals surface area contributed by atoms with E-state index in [1.165, 1.54) is 22.6 Å². The van der Waals surface area contributed by atoms with Gasteiger partial charge >= 0.3 is 0 Å². The van der Waals surface area contributed by atoms with Crippen molar-refractivity contribution in [1.29, 1.82) is 0 Å². The van der Waals surface area contributed by atoms with E-state index >= 15 is 0 Å². The molecule has 0 aliphatic rings. The van der Waals surface area contributed by atoms with Crippen LogP contribution in [0, 0.1) is 18.6 Å². The van der Waals surface area contributed by atoms with Gasteiger partial charge in [-0.25, -0.2) is 18.2 Å². The molecule has 1 amide bonds. The number of ether oxygens (including phenoxy) is 1. The minimum absolute atomic E-state index is 0.0225. The molecule has 0 fully saturated rings. The summed E-state index contributed by atoms with van der Waals surface area (Å²) >= 11 is 0. The second kappa shape index (κ2) is 6.46. The van der Waals surface area contributed by atoms with Gasteiger partial charge < -0.3 is 10.5 Å². The van der Waals surface area contributed by atoms with Gasteiger partial charge in [0.2, 0.25) is 5.88 Å². The molecule has 0 unspecified atom stereocenters. The number of hydrogen-bond acceptors (Lipinski definition) is 3. The fourth-order valence-corrected chi connectivity index (χ4v) is 2.62. The number of halogens is 3. The summed E-state index contributed by atoms with van der Waals surface area (Å²) < 4.78 is 47.7. The first kappa shape index (κ1) is 16.8. The Labute approximate surface area is 140 Å². The first-order valence-corrected chi connectivity index (χ1v) is 7.36. The standard InChI is InChI=1S/C17H14F3N3O2/c1-9-15(16(21)24)23-14(22-9)6-5-10(7-18)17(23)25-8-11-12(19)3-2-4-13(11)20/h2-6H,7-8H2,1H3,(H2,21,24). The van der Waals surface area contributed by atoms with Crippen molar-refractivity contribution >= 4 is 11.6 Å². The minimum atomic E-state index is -0.902. The highest BCUT2D eigenvalue weighted by Crippen LogP contribution is 2.27. The van der Waals surface area contributed by atoms with Gasteiger partial charge in [-0.05, 0) is 31.2 Å². The molecule has 0 saturated heterocycles. The maximum absolute atomic E-state index is 13.8. The van der Waals surface area contributed by atoms with Gasteiger partial charge in [-0.3, -0.25) is 9.20 Å². The Morgan fingerprint density at radius 2 is 1.92 bits per heavy atom. The van der Waals surface area contributed by atoms with Gasteiger partial charge in [-0.2, -0.15) is 0 Å². The highest BCUT2D eigenvalue weighted by molar-refractivity contribution is 5.93. The second-order valence-corrected chi connectivity index (χ2v) is 5.39. The molecule has 0 spiro atoms. The summed E-state index contributed by atoms with van der Waals surface area (Å²) in [6.45, 7) is 0.184. The van der Waals surface area contributed by atoms with E-state index in [0.29, 0.717) is 11.3 Å². The van der Waals surface area contributed by atoms with Crippen LogP contribution in [0.1, 0.15) is 27.3 Å². The zero-order valence-corrected chi connectivity index (χ0v) is 13.2. The molecule has 3 rings (SSSR count). The first-order chi connectivity index (χ1) is 11.9. The summed E-state index contributed by atoms with van der Waals surface area (Å²) in [6, 6.07) is 6.35. The quantitative estimate of drug-likeness (QED) is 0.770. The summed E-state index contributed by atoms with van der Waals surface area (Å²) in [5, 5.41) is 0. The van der Waals surface area contributed by atoms with Crippen molar-refractivity contribution in [2.45, 2.75) is 20.2 Å². The van der Waals surface area contributed by atoms with Crippen LogP contribution in [-0.2, 0) is 13.3 Å². The Balaban J connectivity index is 2.12. The Bertz CT molecular complexity index is 949. The number of nitrogens with two attached hydrogens (primary N) is 1. The average Bonchev–Trinajstić information content (AvgIpc) is 2.90. The van der Waals surface area contributed by atoms with Crippen LogP contribution in [-0.4, -0.2) is 15.3 Å². The van der Waals surface area contributed by atoms with Crippen LogP contribution < -0.4 is 10.5 Å². The molecule has 0 saturated carbocycles. The summed E-state index contributed by atoms with van der Waals surface area (Å²) in [4.78, 5) is 15.9. The number of fused-ring (bicyclic) bond motifs is 1. The first-order valence-electron chi connectivity index (χ1n) is 7.36. The van der Waals surface area contributed by atoms with Crippen LogP contribution in [0.3, 0.4) is 0 Å². The molecule has 2 heterocycles. The fourth-order valence-electron chi connectivity index (χ4n) is 2.62. The molecule has 5 nitrogen and oxygen atoms in total. The number of pyridine rings is 1. The second-order valence-electron chi connectivity index (χ2n) is 5.39. The molecule has 0 bridgehead atoms. The average molecular weight is 349 g/mol. The maximum atomic E-state index is 13.8. The van der Waals surface area contributed by atoms with Gasteiger partial charge in [-0.1, -0.05) is 6.07 Å². The van der Waals surface area contributed by atoms with Crippen LogP contribution in [0.4, 0.5) is 13.2 Å². The van der Waals surface area contributed by atoms with Crippen LogP contribution in [0.2, 0.25) is 0 Å². The lowest BCUT2D eigenvalue weighted by atomic mass is 10.2. The zero-order chi connectivity index (χ0) is 18.1. The number of rotatable bonds is 5. The molecule has 25 heavy (non-hydrogen) atoms. The molecule has 3 aromatic rings. The van der Waals surface area contributed by atoms with Gasteiger partial charge in [0, 0.05) is 5.56 Å². The molecule has 2 N–H and O–H groups in total. The third kappa shape index (κ3) is 2.90. The van der Waals surface area contributed by atoms with E-state index in [1.54, 1.807) is 6.92 Å². The van der Waals surface area contributed by atoms with Gasteiger partial charge in [0.15, 0.2) is 0 Å². The molecule has 0 radical (unpaired) electrons. The lowest BCUT2D eigenvalue weighted by molar-refractivity contribution is 0.0992. The van der Waals surface area contributed by atoms with E-state index in [9.17, 15) is 18.0 Å². The van der Waals surface area contributed by atoms with E-state index in [4.69, 9.17) is 10.5 Å². The third-order valence-electron chi connectivity index (χ3n) is 3.78. The summed E-state index contributed by atoms with van der Waals surface area (Å²) in [5.41, 5.74) is 5.84. The number of carbonyl (C=O) groups excluding carboxylic acids is 1. The number of amides is 1. The number of aryl methyl sites for hydroxylation is 1. The van der Waals surface area contributed by atoms with E-state index in [1.807, 2.05) is 0 Å². The number of carbonyl (C=O) groups is 1. The molecule has 130 valence electrons. The molecule has 0 aliphatic carbocycles. The minimum Gasteiger partial charge on any atom is -0.473 e. The molecule has 8 heteroatoms. The fraction of sp³-hybridized carbons (Fsp3) is 0.176. The number of imidazole rings is 1. The largest absolute Gasteiger partial charge is 0.473 e. The molecule has 2 aromatic heterocycles. The number of hydrogen-bond donors (Lipinski definition) is 1. The van der Waals surface area contributed by atoms with E-state index in [0.717, 1.165) is 12.1 Å². The van der Waals surface area contributed by atoms with Crippen LogP contribution in [0.25, 0.3) is 5.65 Å². The van der Waals surface area contributed by atoms with Crippen molar-refractivity contribution in [1.82, 2.24) is 9.38 Å². The monoisotopic (exact) mass is 349 g/mol. The smallest absolute Gasteiger partial charge is 0.267 e. The highest BCUT2D eigenvalue weighted by atomic mass is 19.1. The Morgan fingerprint density at radius 1 is 1.24 bits per heavy atom. The number of nitrogens with zero attached hydrogens (tertiary/aromatic N) is 2. The predicted molar refractivity (Wildman–Crippen MR) is 83.9 cm³/mol. The van der Waals surface area contributed by atoms with Crippen molar-refractivity contribution in [3.05, 3.63) is 64.5 Å². The molecular weight excluding hydrogens is 335 g/mol. The van der Waals surface area contributed by atoms with Crippen molar-refractivity contribution in [3.63, 3.8) is 0 Å². The normalized spacial score (nSPS) is 11.0. The molecule has 0 aliphatic heterocycles. The van der Waals surface area contributed by atoms with Crippen molar-refractivity contribution < 1.29 is 22.7 Å². The summed E-state index contributed by atoms with van der Waals surface area (Å²) in [6.07, 6.45) is 0. The van der Waals surface area contributed by atoms with Gasteiger partial charge in [0.1, 0.15) is 36.3 Å². The number of alkyl halides is 1. The number of primary amides is 1. The SMILES string of the molecule is Cc1nc2ccc(CF)c(OCc3c(F)cccc3F)n2c1C(N)=O. The van der Waals surface area contributed by atoms with E-state index < -0.39 is 30.8 Å². The maximum Gasteiger partial charge on any atom is 0.267 e. The van der Waals surface area contributed by atoms with Crippen LogP contribution in [0.15, 0.2) is 30.3 Å². The van der Waals surface area contributed by atoms with Crippen LogP contribution in [0.5, 0.6) is 5.88 Å². The Kier molecular flexibility index (Phi) is 4.35. The Hall–Kier alpha value is -3.03. The van der Waals surface area contributed by atoms with Gasteiger partial charge in [0.05, 0.1) is 11.3 Å². The topological polar surface area (TPSA) is 69.6 Å². The van der Waals surface area contributed by atoms with Crippen molar-refractivity contribution in [2.24, 2.45) is 5.73 Å². The zero-order valence-electron chi connectivity index (χ0n) is 13.2. The predicted octanol–water partition coefficient (Wildman–Crippen LogP) is 3.07. The van der Waals surface area contributed by atoms with Crippen molar-refractivity contribution in [3.8, 4) is 5.88 Å². The number of aromatic nitrogens is 2. The molecular formula is C17H14F3N3O2. The summed E-state index contributed by atoms with van der Waals surface area (Å²) in [7, 11) is 0. The highest BCUT2D eigenvalue weighted by Gasteiger charge is 2.20. The lowest BCUT2D eigenvalue weighted by Crippen LogP contribution is -2.17. The third-order valence-corrected chi connectivity index (χ3v) is 3.78. The molecule has 0 atom stereocenters. The van der Waals surface area contributed by atoms with Crippen LogP contribution >= 0.6 is 0 Å². The molecule has 1 aromatic carbocycles. The van der Waals surface area contributed by atoms with E-state index in [-0.39, 0.29) is 22.7 Å². The van der Waals surface area contributed by atoms with Crippen molar-refractivity contribution in [2.75, 3.05) is 0 Å². The lowest BCUT2D eigenvalue weighted by Gasteiger charge is -2.14.